The number of guanidine groups is 2. The Labute approximate surface area is 484 Å². The topological polar surface area (TPSA) is 533 Å². The number of amides is 10. The summed E-state index contributed by atoms with van der Waals surface area (Å²) in [7, 11) is 0. The number of aliphatic imine (C=N–C) groups is 2. The number of ketones is 3. The third-order valence-corrected chi connectivity index (χ3v) is 14.2. The van der Waals surface area contributed by atoms with Gasteiger partial charge in [0, 0.05) is 40.0 Å². The van der Waals surface area contributed by atoms with Crippen LogP contribution >= 0.6 is 23.2 Å². The number of Topliss-reactive ketones (excluding diaryl/α,β-unsaturated/α-hetero) is 3. The van der Waals surface area contributed by atoms with Gasteiger partial charge in [0.05, 0.1) is 24.9 Å². The molecule has 2 aliphatic heterocycles. The second-order valence-electron chi connectivity index (χ2n) is 19.8. The van der Waals surface area contributed by atoms with Gasteiger partial charge >= 0.3 is 0 Å². The van der Waals surface area contributed by atoms with Gasteiger partial charge in [-0.3, -0.25) is 72.3 Å². The molecular weight excluding hydrogens is 1120 g/mol. The highest BCUT2D eigenvalue weighted by molar-refractivity contribution is 6.53. The Morgan fingerprint density at radius 1 is 0.451 bits per heavy atom. The second-order valence-corrected chi connectivity index (χ2v) is 20.7. The zero-order valence-corrected chi connectivity index (χ0v) is 47.8. The zero-order chi connectivity index (χ0) is 61.8. The Morgan fingerprint density at radius 3 is 1.07 bits per heavy atom. The summed E-state index contributed by atoms with van der Waals surface area (Å²) in [5.41, 5.74) is 44.1. The van der Waals surface area contributed by atoms with E-state index in [-0.39, 0.29) is 101 Å². The van der Waals surface area contributed by atoms with Gasteiger partial charge in [0.25, 0.3) is 0 Å². The first-order chi connectivity index (χ1) is 38.6. The van der Waals surface area contributed by atoms with Crippen molar-refractivity contribution in [1.29, 1.82) is 0 Å². The lowest BCUT2D eigenvalue weighted by atomic mass is 9.95. The van der Waals surface area contributed by atoms with E-state index in [2.05, 4.69) is 41.9 Å². The van der Waals surface area contributed by atoms with Crippen LogP contribution in [0.2, 0.25) is 0 Å². The molecule has 460 valence electrons. The summed E-state index contributed by atoms with van der Waals surface area (Å²) in [6.45, 7) is 3.48. The fourth-order valence-electron chi connectivity index (χ4n) is 9.14. The summed E-state index contributed by atoms with van der Waals surface area (Å²) < 4.78 is 0. The van der Waals surface area contributed by atoms with Crippen LogP contribution in [0.1, 0.15) is 117 Å². The Bertz CT molecular complexity index is 2200. The first kappa shape index (κ1) is 70.9. The first-order valence-electron chi connectivity index (χ1n) is 27.0. The molecule has 2 aliphatic rings. The molecule has 0 radical (unpaired) electrons. The second kappa shape index (κ2) is 36.3. The highest BCUT2D eigenvalue weighted by Gasteiger charge is 2.42. The van der Waals surface area contributed by atoms with Crippen LogP contribution in [0.15, 0.2) is 9.98 Å². The summed E-state index contributed by atoms with van der Waals surface area (Å²) in [6.07, 6.45) is 0.442. The van der Waals surface area contributed by atoms with E-state index >= 15 is 0 Å². The van der Waals surface area contributed by atoms with Crippen molar-refractivity contribution >= 4 is 112 Å². The average molecular weight is 1200 g/mol. The summed E-state index contributed by atoms with van der Waals surface area (Å²) in [5.74, 6) is -12.8. The number of alkyl halides is 2. The number of rotatable bonds is 38. The normalized spacial score (nSPS) is 17.6. The quantitative estimate of drug-likeness (QED) is 0.00900. The van der Waals surface area contributed by atoms with Crippen molar-refractivity contribution in [2.45, 2.75) is 176 Å². The smallest absolute Gasteiger partial charge is 0.243 e. The van der Waals surface area contributed by atoms with Crippen molar-refractivity contribution in [3.8, 4) is 0 Å². The number of carbonyl (C=O) groups is 13. The van der Waals surface area contributed by atoms with E-state index < -0.39 is 137 Å². The molecule has 0 aromatic heterocycles. The van der Waals surface area contributed by atoms with Crippen molar-refractivity contribution < 1.29 is 62.3 Å². The number of nitrogens with zero attached hydrogens (tertiary/aromatic N) is 4. The first-order valence-corrected chi connectivity index (χ1v) is 27.9. The van der Waals surface area contributed by atoms with E-state index in [0.717, 1.165) is 0 Å². The van der Waals surface area contributed by atoms with Crippen LogP contribution < -0.4 is 77.8 Å². The summed E-state index contributed by atoms with van der Waals surface area (Å²) in [4.78, 5) is 185. The third-order valence-electron chi connectivity index (χ3n) is 13.4. The number of carbonyl (C=O) groups excluding carboxylic acids is 13. The molecular formula is C49H82Cl2N18O13. The van der Waals surface area contributed by atoms with Gasteiger partial charge in [0.2, 0.25) is 59.1 Å². The number of primary amides is 2. The Morgan fingerprint density at radius 2 is 0.768 bits per heavy atom. The van der Waals surface area contributed by atoms with Crippen molar-refractivity contribution in [2.75, 3.05) is 39.3 Å². The van der Waals surface area contributed by atoms with E-state index in [0.29, 0.717) is 51.6 Å². The van der Waals surface area contributed by atoms with Crippen LogP contribution in [0.4, 0.5) is 0 Å². The lowest BCUT2D eigenvalue weighted by Crippen LogP contribution is -2.59. The van der Waals surface area contributed by atoms with Gasteiger partial charge in [0.1, 0.15) is 36.3 Å². The number of halogens is 2. The SMILES string of the molecule is CC(=O)N1CCC[C@H]1C(=O)N[C@@H](CCCN=C(N)N)C(=O)N[C@@H](CC(N)=O)C(=O)N[C@@H](CCCCN)C(=O)C(Cl)C(=O)C(Cl)C(=O)[C@H](CCCCN)NC(=O)[C@H](CC(N)=O)NC(=O)[C@H](CCCN=C(N)N)NC(=O)[C@@H]1CCCN1C(C)=O. The van der Waals surface area contributed by atoms with Crippen molar-refractivity contribution in [1.82, 2.24) is 41.7 Å². The van der Waals surface area contributed by atoms with E-state index in [1.807, 2.05) is 0 Å². The van der Waals surface area contributed by atoms with Crippen LogP contribution in [-0.4, -0.2) is 196 Å². The van der Waals surface area contributed by atoms with Gasteiger partial charge in [-0.25, -0.2) is 0 Å². The predicted octanol–water partition coefficient (Wildman–Crippen LogP) is -6.04. The van der Waals surface area contributed by atoms with E-state index in [1.54, 1.807) is 0 Å². The summed E-state index contributed by atoms with van der Waals surface area (Å²) in [6, 6.07) is -11.5. The molecule has 2 heterocycles. The van der Waals surface area contributed by atoms with Gasteiger partial charge in [-0.15, -0.1) is 23.2 Å². The molecule has 2 unspecified atom stereocenters. The lowest BCUT2D eigenvalue weighted by Gasteiger charge is -2.28. The van der Waals surface area contributed by atoms with E-state index in [1.165, 1.54) is 23.6 Å². The zero-order valence-electron chi connectivity index (χ0n) is 46.3. The number of unbranched alkanes of at least 4 members (excludes halogenated alkanes) is 2. The minimum absolute atomic E-state index is 0.0243. The molecule has 10 atom stereocenters. The van der Waals surface area contributed by atoms with Crippen LogP contribution in [0.5, 0.6) is 0 Å². The van der Waals surface area contributed by atoms with Crippen molar-refractivity contribution in [3.63, 3.8) is 0 Å². The van der Waals surface area contributed by atoms with Gasteiger partial charge in [-0.1, -0.05) is 0 Å². The molecule has 0 saturated carbocycles. The number of hydrogen-bond donors (Lipinski definition) is 14. The largest absolute Gasteiger partial charge is 0.370 e. The van der Waals surface area contributed by atoms with Gasteiger partial charge < -0.3 is 87.6 Å². The van der Waals surface area contributed by atoms with Crippen molar-refractivity contribution in [2.24, 2.45) is 55.9 Å². The van der Waals surface area contributed by atoms with Crippen LogP contribution in [0, 0.1) is 0 Å². The molecule has 0 aromatic rings. The Hall–Kier alpha value is -7.25. The van der Waals surface area contributed by atoms with Gasteiger partial charge in [-0.2, -0.15) is 0 Å². The maximum Gasteiger partial charge on any atom is 0.243 e. The van der Waals surface area contributed by atoms with Gasteiger partial charge in [-0.05, 0) is 103 Å². The molecule has 2 saturated heterocycles. The molecule has 31 nitrogen and oxygen atoms in total. The molecule has 82 heavy (non-hydrogen) atoms. The third kappa shape index (κ3) is 24.1. The molecule has 0 aromatic carbocycles. The number of nitrogens with one attached hydrogen (secondary N) is 6. The lowest BCUT2D eigenvalue weighted by molar-refractivity contribution is -0.139. The fraction of sp³-hybridized carbons (Fsp3) is 0.694. The van der Waals surface area contributed by atoms with Crippen molar-refractivity contribution in [3.05, 3.63) is 0 Å². The number of nitrogens with two attached hydrogens (primary N) is 8. The Balaban J connectivity index is 2.42. The molecule has 0 spiro atoms. The summed E-state index contributed by atoms with van der Waals surface area (Å²) >= 11 is 13.0. The van der Waals surface area contributed by atoms with E-state index in [4.69, 9.17) is 69.1 Å². The average Bonchev–Trinajstić information content (AvgIpc) is 4.23. The monoisotopic (exact) mass is 1200 g/mol. The standard InChI is InChI=1S/C49H82Cl2N18O13/c1-25(70)68-21-9-15-33(68)46(81)64-29(13-7-19-60-48(56)57)42(77)66-31(23-35(54)72)44(79)62-27(11-3-5-17-52)39(74)37(50)41(76)38(51)40(75)28(12-4-6-18-53)63-45(80)32(24-36(55)73)67-43(78)30(14-8-20-61-49(58)59)65-47(82)34-16-10-22-69(34)26(2)71/h27-34,37-38H,3-24,52-53H2,1-2H3,(H2,54,72)(H2,55,73)(H,62,79)(H,63,80)(H,64,81)(H,65,82)(H,66,77)(H,67,78)(H4,56,57,60)(H4,58,59,61)/t27-,28-,29-,30-,31-,32-,33-,34-,37?,38?/m0/s1. The number of hydrogen-bond acceptors (Lipinski definition) is 17. The van der Waals surface area contributed by atoms with Crippen LogP contribution in [0.3, 0.4) is 0 Å². The van der Waals surface area contributed by atoms with Gasteiger partial charge in [0.15, 0.2) is 40.0 Å². The van der Waals surface area contributed by atoms with Crippen LogP contribution in [0.25, 0.3) is 0 Å². The molecule has 2 rings (SSSR count). The minimum Gasteiger partial charge on any atom is -0.370 e. The summed E-state index contributed by atoms with van der Waals surface area (Å²) in [5, 5.41) is 10.2. The molecule has 10 amide bonds. The van der Waals surface area contributed by atoms with Crippen LogP contribution in [-0.2, 0) is 62.3 Å². The molecule has 0 aliphatic carbocycles. The molecule has 2 fully saturated rings. The highest BCUT2D eigenvalue weighted by Crippen LogP contribution is 2.21. The fourth-order valence-corrected chi connectivity index (χ4v) is 9.76. The number of likely N-dealkylation sites (tertiary alicyclic amines) is 2. The maximum atomic E-state index is 14.2. The molecule has 0 bridgehead atoms. The molecule has 33 heteroatoms. The maximum absolute atomic E-state index is 14.2. The highest BCUT2D eigenvalue weighted by atomic mass is 35.5. The van der Waals surface area contributed by atoms with E-state index in [9.17, 15) is 62.3 Å². The Kier molecular flexibility index (Phi) is 31.3. The molecule has 22 N–H and O–H groups in total. The minimum atomic E-state index is -2.26. The predicted molar refractivity (Wildman–Crippen MR) is 300 cm³/mol.